The van der Waals surface area contributed by atoms with Crippen LogP contribution in [0.2, 0.25) is 0 Å². The van der Waals surface area contributed by atoms with Gasteiger partial charge in [-0.2, -0.15) is 0 Å². The third-order valence-corrected chi connectivity index (χ3v) is 3.22. The van der Waals surface area contributed by atoms with E-state index in [9.17, 15) is 9.90 Å². The van der Waals surface area contributed by atoms with E-state index in [2.05, 4.69) is 14.7 Å². The number of anilines is 1. The van der Waals surface area contributed by atoms with Crippen LogP contribution in [0.4, 0.5) is 5.82 Å². The first-order chi connectivity index (χ1) is 9.84. The van der Waals surface area contributed by atoms with Crippen LogP contribution in [0, 0.1) is 6.92 Å². The highest BCUT2D eigenvalue weighted by molar-refractivity contribution is 5.85. The first-order valence-electron chi connectivity index (χ1n) is 6.82. The second-order valence-corrected chi connectivity index (χ2v) is 5.75. The smallest absolute Gasteiger partial charge is 0.376 e. The summed E-state index contributed by atoms with van der Waals surface area (Å²) in [5, 5.41) is 9.36. The van der Waals surface area contributed by atoms with Gasteiger partial charge in [-0.1, -0.05) is 0 Å². The highest BCUT2D eigenvalue weighted by Gasteiger charge is 2.34. The largest absolute Gasteiger partial charge is 0.463 e. The van der Waals surface area contributed by atoms with E-state index < -0.39 is 11.6 Å². The monoisotopic (exact) mass is 295 g/mol. The van der Waals surface area contributed by atoms with Gasteiger partial charge in [0.25, 0.3) is 0 Å². The van der Waals surface area contributed by atoms with E-state index in [1.54, 1.807) is 6.92 Å². The van der Waals surface area contributed by atoms with Crippen molar-refractivity contribution >= 4 is 11.8 Å². The molecule has 1 aromatic rings. The average molecular weight is 295 g/mol. The molecule has 1 unspecified atom stereocenters. The maximum Gasteiger partial charge on any atom is 0.376 e. The molecular formula is C14H21N3O4. The zero-order valence-electron chi connectivity index (χ0n) is 12.8. The zero-order chi connectivity index (χ0) is 15.6. The van der Waals surface area contributed by atoms with Gasteiger partial charge in [0.05, 0.1) is 25.4 Å². The van der Waals surface area contributed by atoms with E-state index in [0.717, 1.165) is 0 Å². The van der Waals surface area contributed by atoms with Crippen molar-refractivity contribution in [2.45, 2.75) is 32.5 Å². The van der Waals surface area contributed by atoms with E-state index in [1.165, 1.54) is 7.11 Å². The third kappa shape index (κ3) is 3.68. The molecule has 7 nitrogen and oxygen atoms in total. The number of morpholine rings is 1. The summed E-state index contributed by atoms with van der Waals surface area (Å²) in [6.45, 7) is 6.77. The lowest BCUT2D eigenvalue weighted by atomic mass is 10.1. The number of esters is 1. The number of aromatic nitrogens is 2. The minimum Gasteiger partial charge on any atom is -0.463 e. The van der Waals surface area contributed by atoms with Crippen LogP contribution >= 0.6 is 0 Å². The summed E-state index contributed by atoms with van der Waals surface area (Å²) in [6.07, 6.45) is -0.286. The molecule has 0 radical (unpaired) electrons. The Morgan fingerprint density at radius 2 is 2.29 bits per heavy atom. The molecule has 1 aromatic heterocycles. The van der Waals surface area contributed by atoms with Gasteiger partial charge in [-0.3, -0.25) is 0 Å². The van der Waals surface area contributed by atoms with Gasteiger partial charge in [0.1, 0.15) is 5.82 Å². The molecule has 21 heavy (non-hydrogen) atoms. The van der Waals surface area contributed by atoms with Crippen LogP contribution in [0.5, 0.6) is 0 Å². The van der Waals surface area contributed by atoms with E-state index in [4.69, 9.17) is 4.74 Å². The Labute approximate surface area is 123 Å². The van der Waals surface area contributed by atoms with Crippen molar-refractivity contribution < 1.29 is 19.4 Å². The number of nitrogens with zero attached hydrogens (tertiary/aromatic N) is 3. The van der Waals surface area contributed by atoms with Crippen molar-refractivity contribution in [1.82, 2.24) is 9.97 Å². The van der Waals surface area contributed by atoms with Gasteiger partial charge in [-0.15, -0.1) is 0 Å². The minimum atomic E-state index is -0.564. The Bertz CT molecular complexity index is 533. The summed E-state index contributed by atoms with van der Waals surface area (Å²) >= 11 is 0. The van der Waals surface area contributed by atoms with Gasteiger partial charge >= 0.3 is 5.97 Å². The van der Waals surface area contributed by atoms with E-state index in [1.807, 2.05) is 24.8 Å². The molecule has 0 bridgehead atoms. The molecule has 1 aliphatic heterocycles. The van der Waals surface area contributed by atoms with Crippen molar-refractivity contribution in [2.24, 2.45) is 0 Å². The third-order valence-electron chi connectivity index (χ3n) is 3.22. The Balaban J connectivity index is 2.32. The second-order valence-electron chi connectivity index (χ2n) is 5.75. The summed E-state index contributed by atoms with van der Waals surface area (Å²) in [7, 11) is 1.30. The number of aryl methyl sites for hydroxylation is 1. The van der Waals surface area contributed by atoms with Crippen LogP contribution in [0.15, 0.2) is 6.07 Å². The van der Waals surface area contributed by atoms with Crippen LogP contribution in [0.1, 0.15) is 30.2 Å². The Morgan fingerprint density at radius 1 is 1.57 bits per heavy atom. The summed E-state index contributed by atoms with van der Waals surface area (Å²) < 4.78 is 10.4. The summed E-state index contributed by atoms with van der Waals surface area (Å²) in [5.74, 6) is 0.112. The molecule has 1 fully saturated rings. The molecule has 1 saturated heterocycles. The first-order valence-corrected chi connectivity index (χ1v) is 6.82. The van der Waals surface area contributed by atoms with Gasteiger partial charge in [0, 0.05) is 24.8 Å². The summed E-state index contributed by atoms with van der Waals surface area (Å²) in [6, 6.07) is 1.81. The SMILES string of the molecule is COC(=O)c1nc(C)cc(N2CC(CO)OC(C)(C)C2)n1. The number of carbonyl (C=O) groups is 1. The van der Waals surface area contributed by atoms with E-state index in [0.29, 0.717) is 24.6 Å². The van der Waals surface area contributed by atoms with Crippen molar-refractivity contribution in [2.75, 3.05) is 31.7 Å². The van der Waals surface area contributed by atoms with Crippen molar-refractivity contribution in [3.8, 4) is 0 Å². The number of rotatable bonds is 3. The lowest BCUT2D eigenvalue weighted by molar-refractivity contribution is -0.101. The molecule has 2 rings (SSSR count). The summed E-state index contributed by atoms with van der Waals surface area (Å²) in [5.41, 5.74) is 0.279. The topological polar surface area (TPSA) is 84.8 Å². The normalized spacial score (nSPS) is 21.2. The number of carbonyl (C=O) groups excluding carboxylic acids is 1. The maximum absolute atomic E-state index is 11.6. The van der Waals surface area contributed by atoms with Crippen LogP contribution in [0.25, 0.3) is 0 Å². The minimum absolute atomic E-state index is 0.0392. The molecule has 0 amide bonds. The predicted octanol–water partition coefficient (Wildman–Crippen LogP) is 0.548. The number of methoxy groups -OCH3 is 1. The summed E-state index contributed by atoms with van der Waals surface area (Å²) in [4.78, 5) is 22.0. The molecule has 0 aromatic carbocycles. The van der Waals surface area contributed by atoms with Crippen LogP contribution < -0.4 is 4.90 Å². The molecule has 1 atom stereocenters. The van der Waals surface area contributed by atoms with Gasteiger partial charge in [-0.05, 0) is 20.8 Å². The van der Waals surface area contributed by atoms with Crippen molar-refractivity contribution in [1.29, 1.82) is 0 Å². The fourth-order valence-corrected chi connectivity index (χ4v) is 2.46. The molecule has 116 valence electrons. The molecule has 2 heterocycles. The molecule has 1 N–H and O–H groups in total. The van der Waals surface area contributed by atoms with Gasteiger partial charge in [-0.25, -0.2) is 14.8 Å². The average Bonchev–Trinajstić information content (AvgIpc) is 2.43. The standard InChI is InChI=1S/C14H21N3O4/c1-9-5-11(16-12(15-9)13(19)20-4)17-6-10(7-18)21-14(2,3)8-17/h5,10,18H,6-8H2,1-4H3. The maximum atomic E-state index is 11.6. The fourth-order valence-electron chi connectivity index (χ4n) is 2.46. The number of hydrogen-bond acceptors (Lipinski definition) is 7. The quantitative estimate of drug-likeness (QED) is 0.815. The van der Waals surface area contributed by atoms with E-state index in [-0.39, 0.29) is 18.5 Å². The predicted molar refractivity (Wildman–Crippen MR) is 76.4 cm³/mol. The van der Waals surface area contributed by atoms with Gasteiger partial charge in [0.15, 0.2) is 0 Å². The number of aliphatic hydroxyl groups is 1. The highest BCUT2D eigenvalue weighted by Crippen LogP contribution is 2.25. The van der Waals surface area contributed by atoms with Crippen LogP contribution in [-0.4, -0.2) is 59.6 Å². The van der Waals surface area contributed by atoms with Crippen LogP contribution in [-0.2, 0) is 9.47 Å². The highest BCUT2D eigenvalue weighted by atomic mass is 16.5. The van der Waals surface area contributed by atoms with Crippen LogP contribution in [0.3, 0.4) is 0 Å². The zero-order valence-corrected chi connectivity index (χ0v) is 12.8. The molecule has 0 aliphatic carbocycles. The van der Waals surface area contributed by atoms with Crippen molar-refractivity contribution in [3.63, 3.8) is 0 Å². The second kappa shape index (κ2) is 5.95. The number of ether oxygens (including phenoxy) is 2. The number of hydrogen-bond donors (Lipinski definition) is 1. The molecule has 0 saturated carbocycles. The lowest BCUT2D eigenvalue weighted by Crippen LogP contribution is -2.54. The lowest BCUT2D eigenvalue weighted by Gasteiger charge is -2.42. The van der Waals surface area contributed by atoms with E-state index >= 15 is 0 Å². The Morgan fingerprint density at radius 3 is 2.90 bits per heavy atom. The number of aliphatic hydroxyl groups excluding tert-OH is 1. The Hall–Kier alpha value is -1.73. The van der Waals surface area contributed by atoms with Crippen molar-refractivity contribution in [3.05, 3.63) is 17.6 Å². The molecular weight excluding hydrogens is 274 g/mol. The fraction of sp³-hybridized carbons (Fsp3) is 0.643. The first kappa shape index (κ1) is 15.7. The molecule has 0 spiro atoms. The molecule has 7 heteroatoms. The van der Waals surface area contributed by atoms with Gasteiger partial charge in [0.2, 0.25) is 5.82 Å². The molecule has 1 aliphatic rings. The van der Waals surface area contributed by atoms with Gasteiger partial charge < -0.3 is 19.5 Å². The Kier molecular flexibility index (Phi) is 4.43.